The van der Waals surface area contributed by atoms with Crippen molar-refractivity contribution in [3.8, 4) is 17.2 Å². The zero-order valence-corrected chi connectivity index (χ0v) is 19.9. The molecule has 1 saturated heterocycles. The predicted molar refractivity (Wildman–Crippen MR) is 135 cm³/mol. The molecule has 2 N–H and O–H groups in total. The molecule has 0 spiro atoms. The van der Waals surface area contributed by atoms with Crippen molar-refractivity contribution in [1.82, 2.24) is 15.5 Å². The standard InChI is InChI=1S/C28H31N3O4/c1-34-25-11-7-8-22(18-25)26(31-16-5-6-17-31)19-29-27(32)20-30-28(33)21-12-14-24(15-13-21)35-23-9-3-2-4-10-23/h2-4,7-15,18,26H,5-6,16-17,19-20H2,1H3,(H,29,32)(H,30,33). The summed E-state index contributed by atoms with van der Waals surface area (Å²) in [6.07, 6.45) is 2.30. The van der Waals surface area contributed by atoms with E-state index in [0.29, 0.717) is 17.9 Å². The van der Waals surface area contributed by atoms with Gasteiger partial charge in [-0.05, 0) is 80.0 Å². The minimum Gasteiger partial charge on any atom is -0.497 e. The van der Waals surface area contributed by atoms with Crippen LogP contribution in [0.3, 0.4) is 0 Å². The normalized spacial score (nSPS) is 14.2. The number of nitrogens with one attached hydrogen (secondary N) is 2. The van der Waals surface area contributed by atoms with Crippen LogP contribution >= 0.6 is 0 Å². The summed E-state index contributed by atoms with van der Waals surface area (Å²) in [6, 6.07) is 24.3. The maximum Gasteiger partial charge on any atom is 0.251 e. The lowest BCUT2D eigenvalue weighted by molar-refractivity contribution is -0.120. The molecule has 1 aliphatic rings. The van der Waals surface area contributed by atoms with Crippen molar-refractivity contribution in [1.29, 1.82) is 0 Å². The number of hydrogen-bond acceptors (Lipinski definition) is 5. The molecule has 4 rings (SSSR count). The molecule has 0 aliphatic carbocycles. The Morgan fingerprint density at radius 2 is 1.54 bits per heavy atom. The van der Waals surface area contributed by atoms with Gasteiger partial charge in [-0.3, -0.25) is 14.5 Å². The molecule has 7 heteroatoms. The lowest BCUT2D eigenvalue weighted by Crippen LogP contribution is -2.41. The molecule has 1 atom stereocenters. The van der Waals surface area contributed by atoms with Crippen LogP contribution in [0.2, 0.25) is 0 Å². The largest absolute Gasteiger partial charge is 0.497 e. The minimum atomic E-state index is -0.310. The maximum atomic E-state index is 12.5. The van der Waals surface area contributed by atoms with Crippen LogP contribution in [0, 0.1) is 0 Å². The van der Waals surface area contributed by atoms with Gasteiger partial charge in [0.2, 0.25) is 5.91 Å². The second-order valence-corrected chi connectivity index (χ2v) is 8.46. The van der Waals surface area contributed by atoms with Crippen molar-refractivity contribution >= 4 is 11.8 Å². The number of amides is 2. The van der Waals surface area contributed by atoms with E-state index < -0.39 is 0 Å². The van der Waals surface area contributed by atoms with Crippen molar-refractivity contribution < 1.29 is 19.1 Å². The van der Waals surface area contributed by atoms with Gasteiger partial charge in [-0.2, -0.15) is 0 Å². The van der Waals surface area contributed by atoms with Gasteiger partial charge in [0.1, 0.15) is 17.2 Å². The minimum absolute atomic E-state index is 0.0596. The topological polar surface area (TPSA) is 79.9 Å². The number of methoxy groups -OCH3 is 1. The zero-order valence-electron chi connectivity index (χ0n) is 19.9. The van der Waals surface area contributed by atoms with Crippen LogP contribution in [-0.2, 0) is 4.79 Å². The maximum absolute atomic E-state index is 12.5. The van der Waals surface area contributed by atoms with Crippen LogP contribution < -0.4 is 20.1 Å². The molecule has 182 valence electrons. The third-order valence-corrected chi connectivity index (χ3v) is 6.06. The number of carbonyl (C=O) groups is 2. The first kappa shape index (κ1) is 24.3. The highest BCUT2D eigenvalue weighted by Gasteiger charge is 2.24. The number of para-hydroxylation sites is 1. The zero-order chi connectivity index (χ0) is 24.5. The highest BCUT2D eigenvalue weighted by Crippen LogP contribution is 2.27. The monoisotopic (exact) mass is 473 g/mol. The van der Waals surface area contributed by atoms with E-state index in [9.17, 15) is 9.59 Å². The van der Waals surface area contributed by atoms with Crippen LogP contribution in [-0.4, -0.2) is 50.0 Å². The van der Waals surface area contributed by atoms with E-state index in [1.54, 1.807) is 31.4 Å². The second-order valence-electron chi connectivity index (χ2n) is 8.46. The van der Waals surface area contributed by atoms with Gasteiger partial charge < -0.3 is 20.1 Å². The van der Waals surface area contributed by atoms with Gasteiger partial charge >= 0.3 is 0 Å². The highest BCUT2D eigenvalue weighted by molar-refractivity contribution is 5.96. The molecule has 0 aromatic heterocycles. The number of likely N-dealkylation sites (tertiary alicyclic amines) is 1. The SMILES string of the molecule is COc1cccc(C(CNC(=O)CNC(=O)c2ccc(Oc3ccccc3)cc2)N2CCCC2)c1. The molecule has 1 unspecified atom stereocenters. The van der Waals surface area contributed by atoms with Crippen molar-refractivity contribution in [2.75, 3.05) is 33.3 Å². The molecule has 1 fully saturated rings. The molecule has 0 bridgehead atoms. The molecule has 0 saturated carbocycles. The molecule has 7 nitrogen and oxygen atoms in total. The smallest absolute Gasteiger partial charge is 0.251 e. The summed E-state index contributed by atoms with van der Waals surface area (Å²) in [5.41, 5.74) is 1.57. The van der Waals surface area contributed by atoms with E-state index in [-0.39, 0.29) is 24.4 Å². The van der Waals surface area contributed by atoms with E-state index in [1.807, 2.05) is 48.5 Å². The third kappa shape index (κ3) is 6.83. The van der Waals surface area contributed by atoms with Crippen molar-refractivity contribution in [3.63, 3.8) is 0 Å². The van der Waals surface area contributed by atoms with E-state index in [2.05, 4.69) is 21.6 Å². The lowest BCUT2D eigenvalue weighted by Gasteiger charge is -2.28. The number of ether oxygens (including phenoxy) is 2. The fourth-order valence-corrected chi connectivity index (χ4v) is 4.19. The number of carbonyl (C=O) groups excluding carboxylic acids is 2. The fraction of sp³-hybridized carbons (Fsp3) is 0.286. The Balaban J connectivity index is 1.28. The second kappa shape index (κ2) is 12.0. The Morgan fingerprint density at radius 3 is 2.26 bits per heavy atom. The average Bonchev–Trinajstić information content (AvgIpc) is 3.43. The number of hydrogen-bond donors (Lipinski definition) is 2. The first-order valence-corrected chi connectivity index (χ1v) is 11.9. The van der Waals surface area contributed by atoms with Gasteiger partial charge in [0.05, 0.1) is 19.7 Å². The van der Waals surface area contributed by atoms with Gasteiger partial charge in [-0.15, -0.1) is 0 Å². The summed E-state index contributed by atoms with van der Waals surface area (Å²) in [4.78, 5) is 27.4. The summed E-state index contributed by atoms with van der Waals surface area (Å²) < 4.78 is 11.1. The van der Waals surface area contributed by atoms with Gasteiger partial charge in [0, 0.05) is 12.1 Å². The van der Waals surface area contributed by atoms with Crippen LogP contribution in [0.1, 0.15) is 34.8 Å². The van der Waals surface area contributed by atoms with E-state index in [0.717, 1.165) is 43.0 Å². The Bertz CT molecular complexity index is 1110. The molecule has 35 heavy (non-hydrogen) atoms. The molecule has 1 heterocycles. The highest BCUT2D eigenvalue weighted by atomic mass is 16.5. The van der Waals surface area contributed by atoms with Crippen LogP contribution in [0.15, 0.2) is 78.9 Å². The van der Waals surface area contributed by atoms with Crippen molar-refractivity contribution in [2.24, 2.45) is 0 Å². The number of nitrogens with zero attached hydrogens (tertiary/aromatic N) is 1. The Hall–Kier alpha value is -3.84. The first-order valence-electron chi connectivity index (χ1n) is 11.9. The summed E-state index contributed by atoms with van der Waals surface area (Å²) in [5, 5.41) is 5.68. The Kier molecular flexibility index (Phi) is 8.35. The summed E-state index contributed by atoms with van der Waals surface area (Å²) in [5.74, 6) is 1.62. The van der Waals surface area contributed by atoms with E-state index in [1.165, 1.54) is 0 Å². The molecule has 0 radical (unpaired) electrons. The van der Waals surface area contributed by atoms with Gasteiger partial charge in [0.15, 0.2) is 0 Å². The number of rotatable bonds is 10. The van der Waals surface area contributed by atoms with Crippen LogP contribution in [0.25, 0.3) is 0 Å². The van der Waals surface area contributed by atoms with Crippen LogP contribution in [0.4, 0.5) is 0 Å². The fourth-order valence-electron chi connectivity index (χ4n) is 4.19. The lowest BCUT2D eigenvalue weighted by atomic mass is 10.0. The first-order chi connectivity index (χ1) is 17.1. The van der Waals surface area contributed by atoms with Crippen molar-refractivity contribution in [2.45, 2.75) is 18.9 Å². The molecular formula is C28H31N3O4. The van der Waals surface area contributed by atoms with Gasteiger partial charge in [-0.25, -0.2) is 0 Å². The Morgan fingerprint density at radius 1 is 0.857 bits per heavy atom. The molecule has 2 amide bonds. The molecule has 3 aromatic rings. The third-order valence-electron chi connectivity index (χ3n) is 6.06. The van der Waals surface area contributed by atoms with E-state index in [4.69, 9.17) is 9.47 Å². The average molecular weight is 474 g/mol. The van der Waals surface area contributed by atoms with Gasteiger partial charge in [0.25, 0.3) is 5.91 Å². The van der Waals surface area contributed by atoms with Gasteiger partial charge in [-0.1, -0.05) is 30.3 Å². The molecular weight excluding hydrogens is 442 g/mol. The van der Waals surface area contributed by atoms with Crippen molar-refractivity contribution in [3.05, 3.63) is 90.0 Å². The van der Waals surface area contributed by atoms with E-state index >= 15 is 0 Å². The Labute approximate surface area is 206 Å². The summed E-state index contributed by atoms with van der Waals surface area (Å²) in [6.45, 7) is 2.37. The molecule has 1 aliphatic heterocycles. The molecule has 3 aromatic carbocycles. The summed E-state index contributed by atoms with van der Waals surface area (Å²) in [7, 11) is 1.65. The number of benzene rings is 3. The predicted octanol–water partition coefficient (Wildman–Crippen LogP) is 4.17. The summed E-state index contributed by atoms with van der Waals surface area (Å²) >= 11 is 0. The van der Waals surface area contributed by atoms with Crippen LogP contribution in [0.5, 0.6) is 17.2 Å². The quantitative estimate of drug-likeness (QED) is 0.462.